The van der Waals surface area contributed by atoms with E-state index in [1.165, 1.54) is 24.3 Å². The van der Waals surface area contributed by atoms with Crippen LogP contribution in [-0.4, -0.2) is 77.3 Å². The Kier molecular flexibility index (Phi) is 6.03. The number of imide groups is 1. The molecule has 9 heteroatoms. The molecule has 32 heavy (non-hydrogen) atoms. The maximum absolute atomic E-state index is 13.2. The van der Waals surface area contributed by atoms with E-state index < -0.39 is 29.4 Å². The van der Waals surface area contributed by atoms with Gasteiger partial charge in [-0.05, 0) is 36.8 Å². The number of carbonyl (C=O) groups excluding carboxylic acids is 2. The third-order valence-corrected chi connectivity index (χ3v) is 6.15. The van der Waals surface area contributed by atoms with Gasteiger partial charge >= 0.3 is 6.03 Å². The summed E-state index contributed by atoms with van der Waals surface area (Å²) in [5.41, 5.74) is -0.0324. The summed E-state index contributed by atoms with van der Waals surface area (Å²) in [7, 11) is 0. The molecule has 2 aliphatic rings. The molecule has 0 saturated carbocycles. The quantitative estimate of drug-likeness (QED) is 0.587. The molecule has 4 rings (SSSR count). The highest BCUT2D eigenvalue weighted by Crippen LogP contribution is 2.29. The number of aliphatic hydroxyl groups is 1. The molecule has 170 valence electrons. The second kappa shape index (κ2) is 8.76. The van der Waals surface area contributed by atoms with Crippen molar-refractivity contribution in [1.29, 1.82) is 0 Å². The molecule has 0 bridgehead atoms. The average Bonchev–Trinajstić information content (AvgIpc) is 2.99. The van der Waals surface area contributed by atoms with E-state index in [1.807, 2.05) is 12.1 Å². The Balaban J connectivity index is 1.33. The summed E-state index contributed by atoms with van der Waals surface area (Å²) in [6, 6.07) is 12.0. The van der Waals surface area contributed by atoms with Crippen LogP contribution in [0.1, 0.15) is 12.5 Å². The molecule has 2 aromatic rings. The van der Waals surface area contributed by atoms with Gasteiger partial charge in [0.2, 0.25) is 0 Å². The molecule has 8 nitrogen and oxygen atoms in total. The molecule has 2 atom stereocenters. The second-order valence-electron chi connectivity index (χ2n) is 8.41. The SMILES string of the molecule is CC1(c2ccc(F)cc2)NC(=O)N(CC(O)CN2CCN(c3ccccc3O)CC2)C1=O. The molecule has 0 spiro atoms. The van der Waals surface area contributed by atoms with Gasteiger partial charge < -0.3 is 20.4 Å². The number of para-hydroxylation sites is 2. The summed E-state index contributed by atoms with van der Waals surface area (Å²) in [5.74, 6) is -0.662. The maximum Gasteiger partial charge on any atom is 0.325 e. The van der Waals surface area contributed by atoms with Crippen LogP contribution in [0.5, 0.6) is 5.75 Å². The molecule has 2 saturated heterocycles. The number of phenolic OH excluding ortho intramolecular Hbond substituents is 1. The average molecular weight is 442 g/mol. The number of benzene rings is 2. The molecule has 2 heterocycles. The Morgan fingerprint density at radius 2 is 1.69 bits per heavy atom. The van der Waals surface area contributed by atoms with Gasteiger partial charge in [-0.25, -0.2) is 9.18 Å². The van der Waals surface area contributed by atoms with Crippen LogP contribution in [0.2, 0.25) is 0 Å². The van der Waals surface area contributed by atoms with Crippen LogP contribution in [0.3, 0.4) is 0 Å². The number of piperazine rings is 1. The molecule has 2 aliphatic heterocycles. The van der Waals surface area contributed by atoms with Gasteiger partial charge in [0.15, 0.2) is 0 Å². The number of amides is 3. The minimum atomic E-state index is -1.30. The first-order valence-electron chi connectivity index (χ1n) is 10.6. The Bertz CT molecular complexity index is 994. The van der Waals surface area contributed by atoms with Crippen molar-refractivity contribution < 1.29 is 24.2 Å². The largest absolute Gasteiger partial charge is 0.506 e. The van der Waals surface area contributed by atoms with Gasteiger partial charge in [0.05, 0.1) is 18.3 Å². The molecule has 2 aromatic carbocycles. The van der Waals surface area contributed by atoms with Crippen molar-refractivity contribution in [2.75, 3.05) is 44.2 Å². The summed E-state index contributed by atoms with van der Waals surface area (Å²) in [4.78, 5) is 30.6. The minimum absolute atomic E-state index is 0.124. The lowest BCUT2D eigenvalue weighted by Gasteiger charge is -2.37. The van der Waals surface area contributed by atoms with Gasteiger partial charge in [-0.1, -0.05) is 24.3 Å². The Morgan fingerprint density at radius 1 is 1.03 bits per heavy atom. The van der Waals surface area contributed by atoms with Crippen LogP contribution >= 0.6 is 0 Å². The zero-order chi connectivity index (χ0) is 22.9. The van der Waals surface area contributed by atoms with E-state index in [2.05, 4.69) is 15.1 Å². The summed E-state index contributed by atoms with van der Waals surface area (Å²) in [6.45, 7) is 4.51. The monoisotopic (exact) mass is 442 g/mol. The van der Waals surface area contributed by atoms with Crippen LogP contribution < -0.4 is 10.2 Å². The number of β-amino-alcohol motifs (C(OH)–C–C–N with tert-alkyl or cyclic N) is 1. The first-order valence-corrected chi connectivity index (χ1v) is 10.6. The zero-order valence-corrected chi connectivity index (χ0v) is 17.9. The Morgan fingerprint density at radius 3 is 2.34 bits per heavy atom. The normalized spacial score (nSPS) is 22.8. The lowest BCUT2D eigenvalue weighted by molar-refractivity contribution is -0.132. The number of nitrogens with zero attached hydrogens (tertiary/aromatic N) is 3. The Hall–Kier alpha value is -3.17. The summed E-state index contributed by atoms with van der Waals surface area (Å²) in [5, 5.41) is 23.3. The van der Waals surface area contributed by atoms with Crippen molar-refractivity contribution in [2.24, 2.45) is 0 Å². The topological polar surface area (TPSA) is 96.4 Å². The number of urea groups is 1. The van der Waals surface area contributed by atoms with Crippen molar-refractivity contribution in [1.82, 2.24) is 15.1 Å². The van der Waals surface area contributed by atoms with E-state index in [1.54, 1.807) is 19.1 Å². The number of anilines is 1. The maximum atomic E-state index is 13.2. The molecule has 0 aromatic heterocycles. The number of halogens is 1. The number of nitrogens with one attached hydrogen (secondary N) is 1. The number of aliphatic hydroxyl groups excluding tert-OH is 1. The van der Waals surface area contributed by atoms with Crippen LogP contribution in [0.15, 0.2) is 48.5 Å². The number of aromatic hydroxyl groups is 1. The highest BCUT2D eigenvalue weighted by Gasteiger charge is 2.49. The van der Waals surface area contributed by atoms with Gasteiger partial charge in [0.25, 0.3) is 5.91 Å². The third kappa shape index (κ3) is 4.26. The van der Waals surface area contributed by atoms with Crippen molar-refractivity contribution in [3.8, 4) is 5.75 Å². The number of hydrogen-bond donors (Lipinski definition) is 3. The lowest BCUT2D eigenvalue weighted by Crippen LogP contribution is -2.50. The van der Waals surface area contributed by atoms with Gasteiger partial charge in [-0.15, -0.1) is 0 Å². The summed E-state index contributed by atoms with van der Waals surface area (Å²) in [6.07, 6.45) is -0.906. The van der Waals surface area contributed by atoms with E-state index in [0.29, 0.717) is 38.3 Å². The van der Waals surface area contributed by atoms with E-state index in [4.69, 9.17) is 0 Å². The van der Waals surface area contributed by atoms with Crippen molar-refractivity contribution in [2.45, 2.75) is 18.6 Å². The predicted molar refractivity (Wildman–Crippen MR) is 117 cm³/mol. The van der Waals surface area contributed by atoms with Gasteiger partial charge in [0, 0.05) is 32.7 Å². The molecular weight excluding hydrogens is 415 g/mol. The zero-order valence-electron chi connectivity index (χ0n) is 17.9. The fourth-order valence-corrected chi connectivity index (χ4v) is 4.31. The molecule has 3 N–H and O–H groups in total. The first-order chi connectivity index (χ1) is 15.3. The minimum Gasteiger partial charge on any atom is -0.506 e. The van der Waals surface area contributed by atoms with Gasteiger partial charge in [-0.2, -0.15) is 0 Å². The number of rotatable bonds is 6. The van der Waals surface area contributed by atoms with Gasteiger partial charge in [-0.3, -0.25) is 14.6 Å². The second-order valence-corrected chi connectivity index (χ2v) is 8.41. The first kappa shape index (κ1) is 22.0. The van der Waals surface area contributed by atoms with Crippen LogP contribution in [0, 0.1) is 5.82 Å². The molecule has 2 fully saturated rings. The van der Waals surface area contributed by atoms with E-state index in [0.717, 1.165) is 10.6 Å². The standard InChI is InChI=1S/C23H27FN4O4/c1-23(16-6-8-17(24)9-7-16)21(31)28(22(32)25-23)15-18(29)14-26-10-12-27(13-11-26)19-4-2-3-5-20(19)30/h2-9,18,29-30H,10-15H2,1H3,(H,25,32). The number of phenols is 1. The highest BCUT2D eigenvalue weighted by atomic mass is 19.1. The van der Waals surface area contributed by atoms with Crippen molar-refractivity contribution in [3.05, 3.63) is 59.9 Å². The highest BCUT2D eigenvalue weighted by molar-refractivity contribution is 6.07. The molecular formula is C23H27FN4O4. The van der Waals surface area contributed by atoms with Crippen LogP contribution in [0.25, 0.3) is 0 Å². The predicted octanol–water partition coefficient (Wildman–Crippen LogP) is 1.48. The molecule has 3 amide bonds. The van der Waals surface area contributed by atoms with Crippen molar-refractivity contribution >= 4 is 17.6 Å². The van der Waals surface area contributed by atoms with Crippen molar-refractivity contribution in [3.63, 3.8) is 0 Å². The molecule has 0 aliphatic carbocycles. The number of hydrogen-bond acceptors (Lipinski definition) is 6. The fraction of sp³-hybridized carbons (Fsp3) is 0.391. The van der Waals surface area contributed by atoms with E-state index >= 15 is 0 Å². The van der Waals surface area contributed by atoms with Crippen LogP contribution in [0.4, 0.5) is 14.9 Å². The fourth-order valence-electron chi connectivity index (χ4n) is 4.31. The Labute approximate surface area is 185 Å². The summed E-state index contributed by atoms with van der Waals surface area (Å²) < 4.78 is 13.2. The molecule has 0 radical (unpaired) electrons. The third-order valence-electron chi connectivity index (χ3n) is 6.15. The van der Waals surface area contributed by atoms with E-state index in [-0.39, 0.29) is 12.3 Å². The van der Waals surface area contributed by atoms with Gasteiger partial charge in [0.1, 0.15) is 17.1 Å². The van der Waals surface area contributed by atoms with E-state index in [9.17, 15) is 24.2 Å². The number of carbonyl (C=O) groups is 2. The lowest BCUT2D eigenvalue weighted by atomic mass is 9.92. The smallest absolute Gasteiger partial charge is 0.325 e. The molecule has 2 unspecified atom stereocenters. The van der Waals surface area contributed by atoms with Crippen LogP contribution in [-0.2, 0) is 10.3 Å². The summed E-state index contributed by atoms with van der Waals surface area (Å²) >= 11 is 0.